The fourth-order valence-corrected chi connectivity index (χ4v) is 2.99. The molecule has 0 unspecified atom stereocenters. The fourth-order valence-electron chi connectivity index (χ4n) is 1.42. The molecule has 0 aliphatic heterocycles. The Labute approximate surface area is 107 Å². The molecule has 0 radical (unpaired) electrons. The normalized spacial score (nSPS) is 13.5. The van der Waals surface area contributed by atoms with Crippen molar-refractivity contribution in [3.8, 4) is 0 Å². The first-order chi connectivity index (χ1) is 8.09. The lowest BCUT2D eigenvalue weighted by atomic mass is 10.1. The van der Waals surface area contributed by atoms with Crippen LogP contribution in [0.15, 0.2) is 30.3 Å². The van der Waals surface area contributed by atoms with E-state index in [-0.39, 0.29) is 12.4 Å². The van der Waals surface area contributed by atoms with Crippen molar-refractivity contribution in [1.29, 1.82) is 0 Å². The van der Waals surface area contributed by atoms with Crippen LogP contribution in [0.3, 0.4) is 0 Å². The van der Waals surface area contributed by atoms with Gasteiger partial charge >= 0.3 is 0 Å². The van der Waals surface area contributed by atoms with E-state index in [1.807, 2.05) is 6.07 Å². The van der Waals surface area contributed by atoms with E-state index in [0.717, 1.165) is 5.56 Å². The van der Waals surface area contributed by atoms with Crippen molar-refractivity contribution in [2.45, 2.75) is 12.5 Å². The number of sulfonamides is 1. The summed E-state index contributed by atoms with van der Waals surface area (Å²) in [5.74, 6) is 0.274. The molecule has 6 heteroatoms. The second kappa shape index (κ2) is 6.96. The quantitative estimate of drug-likeness (QED) is 0.738. The zero-order valence-electron chi connectivity index (χ0n) is 9.34. The van der Waals surface area contributed by atoms with Gasteiger partial charge in [-0.05, 0) is 12.0 Å². The number of halogens is 1. The van der Waals surface area contributed by atoms with E-state index in [9.17, 15) is 13.5 Å². The molecule has 0 aromatic heterocycles. The molecule has 96 valence electrons. The van der Waals surface area contributed by atoms with Gasteiger partial charge in [0.05, 0.1) is 18.4 Å². The Morgan fingerprint density at radius 2 is 1.94 bits per heavy atom. The van der Waals surface area contributed by atoms with E-state index in [1.54, 1.807) is 24.3 Å². The average Bonchev–Trinajstić information content (AvgIpc) is 2.35. The van der Waals surface area contributed by atoms with Crippen LogP contribution in [-0.4, -0.2) is 31.8 Å². The molecule has 0 heterocycles. The molecule has 1 aromatic carbocycles. The third kappa shape index (κ3) is 5.04. The van der Waals surface area contributed by atoms with Gasteiger partial charge in [0.1, 0.15) is 0 Å². The van der Waals surface area contributed by atoms with Crippen molar-refractivity contribution in [1.82, 2.24) is 4.72 Å². The first-order valence-electron chi connectivity index (χ1n) is 5.31. The Kier molecular flexibility index (Phi) is 5.91. The van der Waals surface area contributed by atoms with Crippen molar-refractivity contribution >= 4 is 21.6 Å². The van der Waals surface area contributed by atoms with Crippen LogP contribution in [0.25, 0.3) is 0 Å². The summed E-state index contributed by atoms with van der Waals surface area (Å²) in [5.41, 5.74) is 0.740. The maximum atomic E-state index is 11.7. The molecule has 0 aliphatic carbocycles. The maximum absolute atomic E-state index is 11.7. The number of nitrogens with one attached hydrogen (secondary N) is 1. The summed E-state index contributed by atoms with van der Waals surface area (Å²) in [7, 11) is -3.40. The minimum absolute atomic E-state index is 0.0279. The molecule has 1 aromatic rings. The highest BCUT2D eigenvalue weighted by molar-refractivity contribution is 7.89. The monoisotopic (exact) mass is 277 g/mol. The van der Waals surface area contributed by atoms with Gasteiger partial charge in [0.25, 0.3) is 0 Å². The van der Waals surface area contributed by atoms with E-state index < -0.39 is 16.1 Å². The number of hydrogen-bond donors (Lipinski definition) is 2. The zero-order chi connectivity index (χ0) is 12.7. The lowest BCUT2D eigenvalue weighted by Gasteiger charge is -2.16. The number of hydrogen-bond acceptors (Lipinski definition) is 3. The molecule has 2 N–H and O–H groups in total. The van der Waals surface area contributed by atoms with Crippen LogP contribution in [0.5, 0.6) is 0 Å². The first-order valence-corrected chi connectivity index (χ1v) is 7.49. The molecule has 4 nitrogen and oxygen atoms in total. The van der Waals surface area contributed by atoms with Gasteiger partial charge in [-0.1, -0.05) is 30.3 Å². The van der Waals surface area contributed by atoms with Gasteiger partial charge in [0.15, 0.2) is 0 Å². The summed E-state index contributed by atoms with van der Waals surface area (Å²) >= 11 is 5.45. The average molecular weight is 278 g/mol. The van der Waals surface area contributed by atoms with E-state index in [2.05, 4.69) is 4.72 Å². The van der Waals surface area contributed by atoms with E-state index in [4.69, 9.17) is 11.6 Å². The van der Waals surface area contributed by atoms with Crippen LogP contribution < -0.4 is 4.72 Å². The minimum Gasteiger partial charge on any atom is -0.394 e. The Morgan fingerprint density at radius 3 is 2.47 bits per heavy atom. The zero-order valence-corrected chi connectivity index (χ0v) is 10.9. The summed E-state index contributed by atoms with van der Waals surface area (Å²) in [6, 6.07) is 8.36. The van der Waals surface area contributed by atoms with Crippen LogP contribution in [-0.2, 0) is 10.0 Å². The third-order valence-electron chi connectivity index (χ3n) is 2.25. The molecule has 0 saturated carbocycles. The summed E-state index contributed by atoms with van der Waals surface area (Å²) in [6.07, 6.45) is 0.393. The van der Waals surface area contributed by atoms with Crippen molar-refractivity contribution in [3.63, 3.8) is 0 Å². The molecule has 0 aliphatic rings. The second-order valence-electron chi connectivity index (χ2n) is 3.63. The van der Waals surface area contributed by atoms with Gasteiger partial charge in [-0.25, -0.2) is 13.1 Å². The molecular weight excluding hydrogens is 262 g/mol. The lowest BCUT2D eigenvalue weighted by molar-refractivity contribution is 0.259. The molecule has 0 saturated heterocycles. The molecule has 0 fully saturated rings. The predicted octanol–water partition coefficient (Wildman–Crippen LogP) is 1.27. The highest BCUT2D eigenvalue weighted by Crippen LogP contribution is 2.13. The van der Waals surface area contributed by atoms with Gasteiger partial charge in [0.2, 0.25) is 10.0 Å². The molecule has 1 rings (SSSR count). The van der Waals surface area contributed by atoms with Gasteiger partial charge in [-0.3, -0.25) is 0 Å². The van der Waals surface area contributed by atoms with E-state index in [1.165, 1.54) is 0 Å². The molecule has 0 spiro atoms. The van der Waals surface area contributed by atoms with E-state index >= 15 is 0 Å². The number of aliphatic hydroxyl groups excluding tert-OH is 1. The van der Waals surface area contributed by atoms with Crippen molar-refractivity contribution in [2.75, 3.05) is 18.2 Å². The molecule has 1 atom stereocenters. The highest BCUT2D eigenvalue weighted by atomic mass is 35.5. The van der Waals surface area contributed by atoms with E-state index in [0.29, 0.717) is 12.3 Å². The molecule has 0 amide bonds. The van der Waals surface area contributed by atoms with Gasteiger partial charge < -0.3 is 5.11 Å². The summed E-state index contributed by atoms with van der Waals surface area (Å²) < 4.78 is 25.8. The van der Waals surface area contributed by atoms with Crippen molar-refractivity contribution < 1.29 is 13.5 Å². The Morgan fingerprint density at radius 1 is 1.29 bits per heavy atom. The number of aliphatic hydroxyl groups is 1. The first kappa shape index (κ1) is 14.4. The van der Waals surface area contributed by atoms with Crippen molar-refractivity contribution in [2.24, 2.45) is 0 Å². The molecule has 17 heavy (non-hydrogen) atoms. The van der Waals surface area contributed by atoms with Crippen LogP contribution >= 0.6 is 11.6 Å². The second-order valence-corrected chi connectivity index (χ2v) is 5.88. The largest absolute Gasteiger partial charge is 0.394 e. The molecular formula is C11H16ClNO3S. The number of alkyl halides is 1. The SMILES string of the molecule is O=S(=O)(CCCCl)N[C@H](CO)c1ccccc1. The lowest BCUT2D eigenvalue weighted by Crippen LogP contribution is -2.32. The summed E-state index contributed by atoms with van der Waals surface area (Å²) in [4.78, 5) is 0. The van der Waals surface area contributed by atoms with Gasteiger partial charge in [0, 0.05) is 5.88 Å². The summed E-state index contributed by atoms with van der Waals surface area (Å²) in [6.45, 7) is -0.274. The van der Waals surface area contributed by atoms with Crippen LogP contribution in [0.4, 0.5) is 0 Å². The third-order valence-corrected chi connectivity index (χ3v) is 3.99. The van der Waals surface area contributed by atoms with Crippen molar-refractivity contribution in [3.05, 3.63) is 35.9 Å². The standard InChI is InChI=1S/C11H16ClNO3S/c12-7-4-8-17(15,16)13-11(9-14)10-5-2-1-3-6-10/h1-3,5-6,11,13-14H,4,7-9H2/t11-/m1/s1. The van der Waals surface area contributed by atoms with Crippen LogP contribution in [0, 0.1) is 0 Å². The number of benzene rings is 1. The Hall–Kier alpha value is -0.620. The highest BCUT2D eigenvalue weighted by Gasteiger charge is 2.18. The minimum atomic E-state index is -3.40. The van der Waals surface area contributed by atoms with Crippen LogP contribution in [0.1, 0.15) is 18.0 Å². The Balaban J connectivity index is 2.71. The van der Waals surface area contributed by atoms with Crippen LogP contribution in [0.2, 0.25) is 0 Å². The molecule has 0 bridgehead atoms. The topological polar surface area (TPSA) is 66.4 Å². The Bertz CT molecular complexity index is 422. The van der Waals surface area contributed by atoms with Gasteiger partial charge in [-0.15, -0.1) is 11.6 Å². The fraction of sp³-hybridized carbons (Fsp3) is 0.455. The maximum Gasteiger partial charge on any atom is 0.212 e. The smallest absolute Gasteiger partial charge is 0.212 e. The summed E-state index contributed by atoms with van der Waals surface area (Å²) in [5, 5.41) is 9.22. The predicted molar refractivity (Wildman–Crippen MR) is 68.5 cm³/mol. The van der Waals surface area contributed by atoms with Gasteiger partial charge in [-0.2, -0.15) is 0 Å². The number of rotatable bonds is 7.